The number of halogens is 2. The number of carbonyl (C=O) groups is 2. The lowest BCUT2D eigenvalue weighted by Gasteiger charge is -2.34. The number of nitrogens with one attached hydrogen (secondary N) is 2. The highest BCUT2D eigenvalue weighted by atomic mass is 35.5. The molecule has 0 aromatic carbocycles. The number of hydrogen-bond acceptors (Lipinski definition) is 4. The number of rotatable bonds is 7. The number of likely N-dealkylation sites (tertiary alicyclic amines) is 1. The van der Waals surface area contributed by atoms with E-state index in [9.17, 15) is 9.59 Å². The molecule has 1 rings (SSSR count). The Labute approximate surface area is 145 Å². The Hall–Kier alpha value is -0.560. The van der Waals surface area contributed by atoms with Crippen molar-refractivity contribution >= 4 is 36.6 Å². The summed E-state index contributed by atoms with van der Waals surface area (Å²) in [7, 11) is 0. The van der Waals surface area contributed by atoms with Gasteiger partial charge in [-0.1, -0.05) is 13.8 Å². The van der Waals surface area contributed by atoms with E-state index in [4.69, 9.17) is 5.73 Å². The van der Waals surface area contributed by atoms with Crippen LogP contribution in [0.3, 0.4) is 0 Å². The number of amides is 2. The molecule has 2 unspecified atom stereocenters. The van der Waals surface area contributed by atoms with Crippen LogP contribution in [-0.2, 0) is 9.59 Å². The number of nitrogens with zero attached hydrogens (tertiary/aromatic N) is 1. The molecular weight excluding hydrogens is 327 g/mol. The topological polar surface area (TPSA) is 87.5 Å². The van der Waals surface area contributed by atoms with Gasteiger partial charge in [0.2, 0.25) is 11.8 Å². The van der Waals surface area contributed by atoms with Crippen LogP contribution >= 0.6 is 24.8 Å². The molecule has 1 aliphatic heterocycles. The monoisotopic (exact) mass is 356 g/mol. The minimum Gasteiger partial charge on any atom is -0.355 e. The summed E-state index contributed by atoms with van der Waals surface area (Å²) in [6, 6.07) is 0. The predicted molar refractivity (Wildman–Crippen MR) is 93.6 cm³/mol. The zero-order valence-electron chi connectivity index (χ0n) is 13.5. The van der Waals surface area contributed by atoms with Crippen LogP contribution in [0.25, 0.3) is 0 Å². The van der Waals surface area contributed by atoms with E-state index >= 15 is 0 Å². The second-order valence-electron chi connectivity index (χ2n) is 5.89. The van der Waals surface area contributed by atoms with Crippen LogP contribution < -0.4 is 16.4 Å². The first-order valence-corrected chi connectivity index (χ1v) is 7.47. The van der Waals surface area contributed by atoms with Crippen LogP contribution in [0.15, 0.2) is 0 Å². The van der Waals surface area contributed by atoms with Gasteiger partial charge in [0, 0.05) is 19.6 Å². The molecule has 2 amide bonds. The first-order valence-electron chi connectivity index (χ1n) is 7.47. The molecule has 1 aliphatic rings. The maximum Gasteiger partial charge on any atom is 0.239 e. The standard InChI is InChI=1S/C14H28N4O2.2ClH/c1-11-6-12(2)10-18(9-11)5-3-4-16-14(20)8-17-13(19)7-15;;/h11-12H,3-10,15H2,1-2H3,(H,16,20)(H,17,19);2*1H. The number of piperidine rings is 1. The molecule has 132 valence electrons. The zero-order chi connectivity index (χ0) is 15.0. The van der Waals surface area contributed by atoms with Crippen molar-refractivity contribution in [3.63, 3.8) is 0 Å². The molecule has 0 saturated carbocycles. The molecule has 0 spiro atoms. The quantitative estimate of drug-likeness (QED) is 0.575. The SMILES string of the molecule is CC1CC(C)CN(CCCNC(=O)CNC(=O)CN)C1.Cl.Cl. The Balaban J connectivity index is 0. The summed E-state index contributed by atoms with van der Waals surface area (Å²) in [5.41, 5.74) is 5.14. The van der Waals surface area contributed by atoms with Crippen molar-refractivity contribution in [3.8, 4) is 0 Å². The molecule has 0 aliphatic carbocycles. The molecule has 0 bridgehead atoms. The van der Waals surface area contributed by atoms with Gasteiger partial charge in [-0.15, -0.1) is 24.8 Å². The lowest BCUT2D eigenvalue weighted by molar-refractivity contribution is -0.125. The molecule has 1 saturated heterocycles. The van der Waals surface area contributed by atoms with Gasteiger partial charge in [-0.2, -0.15) is 0 Å². The fourth-order valence-electron chi connectivity index (χ4n) is 2.82. The van der Waals surface area contributed by atoms with Crippen LogP contribution in [0.5, 0.6) is 0 Å². The fourth-order valence-corrected chi connectivity index (χ4v) is 2.82. The van der Waals surface area contributed by atoms with Gasteiger partial charge in [0.1, 0.15) is 0 Å². The minimum absolute atomic E-state index is 0. The van der Waals surface area contributed by atoms with Gasteiger partial charge in [0.25, 0.3) is 0 Å². The zero-order valence-corrected chi connectivity index (χ0v) is 15.1. The van der Waals surface area contributed by atoms with Crippen molar-refractivity contribution in [1.29, 1.82) is 0 Å². The Kier molecular flexibility index (Phi) is 13.9. The van der Waals surface area contributed by atoms with Gasteiger partial charge in [-0.05, 0) is 31.2 Å². The Morgan fingerprint density at radius 3 is 2.23 bits per heavy atom. The number of carbonyl (C=O) groups excluding carboxylic acids is 2. The van der Waals surface area contributed by atoms with Crippen LogP contribution in [0, 0.1) is 11.8 Å². The smallest absolute Gasteiger partial charge is 0.239 e. The van der Waals surface area contributed by atoms with E-state index in [0.29, 0.717) is 6.54 Å². The molecule has 0 aromatic heterocycles. The van der Waals surface area contributed by atoms with Gasteiger partial charge in [-0.25, -0.2) is 0 Å². The fraction of sp³-hybridized carbons (Fsp3) is 0.857. The first kappa shape index (κ1) is 23.7. The van der Waals surface area contributed by atoms with Gasteiger partial charge in [0.15, 0.2) is 0 Å². The highest BCUT2D eigenvalue weighted by Gasteiger charge is 2.20. The van der Waals surface area contributed by atoms with Crippen LogP contribution in [0.2, 0.25) is 0 Å². The lowest BCUT2D eigenvalue weighted by Crippen LogP contribution is -2.42. The number of hydrogen-bond donors (Lipinski definition) is 3. The van der Waals surface area contributed by atoms with E-state index < -0.39 is 0 Å². The maximum absolute atomic E-state index is 11.4. The van der Waals surface area contributed by atoms with E-state index in [2.05, 4.69) is 29.4 Å². The third kappa shape index (κ3) is 10.2. The van der Waals surface area contributed by atoms with Gasteiger partial charge < -0.3 is 21.3 Å². The molecule has 4 N–H and O–H groups in total. The first-order chi connectivity index (χ1) is 9.51. The molecule has 0 radical (unpaired) electrons. The Bertz CT molecular complexity index is 322. The van der Waals surface area contributed by atoms with E-state index in [0.717, 1.165) is 37.9 Å². The Morgan fingerprint density at radius 2 is 1.68 bits per heavy atom. The van der Waals surface area contributed by atoms with Crippen LogP contribution in [0.1, 0.15) is 26.7 Å². The second-order valence-corrected chi connectivity index (χ2v) is 5.89. The highest BCUT2D eigenvalue weighted by Crippen LogP contribution is 2.20. The average molecular weight is 357 g/mol. The third-order valence-electron chi connectivity index (χ3n) is 3.55. The maximum atomic E-state index is 11.4. The van der Waals surface area contributed by atoms with Crippen molar-refractivity contribution < 1.29 is 9.59 Å². The summed E-state index contributed by atoms with van der Waals surface area (Å²) in [5, 5.41) is 5.25. The van der Waals surface area contributed by atoms with Crippen LogP contribution in [0.4, 0.5) is 0 Å². The van der Waals surface area contributed by atoms with Crippen molar-refractivity contribution in [2.45, 2.75) is 26.7 Å². The largest absolute Gasteiger partial charge is 0.355 e. The molecule has 2 atom stereocenters. The normalized spacial score (nSPS) is 21.2. The average Bonchev–Trinajstić information content (AvgIpc) is 2.40. The van der Waals surface area contributed by atoms with E-state index in [1.165, 1.54) is 6.42 Å². The van der Waals surface area contributed by atoms with Gasteiger partial charge in [0.05, 0.1) is 13.1 Å². The van der Waals surface area contributed by atoms with Crippen molar-refractivity contribution in [1.82, 2.24) is 15.5 Å². The summed E-state index contributed by atoms with van der Waals surface area (Å²) in [6.07, 6.45) is 2.25. The summed E-state index contributed by atoms with van der Waals surface area (Å²) in [5.74, 6) is 1.06. The molecule has 1 heterocycles. The van der Waals surface area contributed by atoms with Gasteiger partial charge in [-0.3, -0.25) is 9.59 Å². The van der Waals surface area contributed by atoms with Crippen molar-refractivity contribution in [3.05, 3.63) is 0 Å². The summed E-state index contributed by atoms with van der Waals surface area (Å²) in [4.78, 5) is 24.8. The third-order valence-corrected chi connectivity index (χ3v) is 3.55. The number of nitrogens with two attached hydrogens (primary N) is 1. The molecular formula is C14H30Cl2N4O2. The Morgan fingerprint density at radius 1 is 1.09 bits per heavy atom. The molecule has 22 heavy (non-hydrogen) atoms. The summed E-state index contributed by atoms with van der Waals surface area (Å²) in [6.45, 7) is 8.50. The van der Waals surface area contributed by atoms with Gasteiger partial charge >= 0.3 is 0 Å². The summed E-state index contributed by atoms with van der Waals surface area (Å²) >= 11 is 0. The molecule has 0 aromatic rings. The van der Waals surface area contributed by atoms with E-state index in [-0.39, 0.29) is 49.7 Å². The lowest BCUT2D eigenvalue weighted by atomic mass is 9.92. The van der Waals surface area contributed by atoms with Crippen molar-refractivity contribution in [2.24, 2.45) is 17.6 Å². The predicted octanol–water partition coefficient (Wildman–Crippen LogP) is 0.389. The molecule has 6 nitrogen and oxygen atoms in total. The second kappa shape index (κ2) is 12.9. The summed E-state index contributed by atoms with van der Waals surface area (Å²) < 4.78 is 0. The minimum atomic E-state index is -0.309. The van der Waals surface area contributed by atoms with E-state index in [1.807, 2.05) is 0 Å². The molecule has 8 heteroatoms. The molecule has 1 fully saturated rings. The highest BCUT2D eigenvalue weighted by molar-refractivity contribution is 5.86. The van der Waals surface area contributed by atoms with Crippen LogP contribution in [-0.4, -0.2) is 56.0 Å². The van der Waals surface area contributed by atoms with Crippen molar-refractivity contribution in [2.75, 3.05) is 39.3 Å². The van der Waals surface area contributed by atoms with E-state index in [1.54, 1.807) is 0 Å².